The van der Waals surface area contributed by atoms with E-state index in [0.29, 0.717) is 6.54 Å². The molecule has 0 aliphatic heterocycles. The normalized spacial score (nSPS) is 11.7. The minimum atomic E-state index is 0.211. The van der Waals surface area contributed by atoms with E-state index in [9.17, 15) is 0 Å². The van der Waals surface area contributed by atoms with Crippen LogP contribution in [0.3, 0.4) is 0 Å². The minimum Gasteiger partial charge on any atom is -0.326 e. The second kappa shape index (κ2) is 5.80. The summed E-state index contributed by atoms with van der Waals surface area (Å²) in [7, 11) is 0. The van der Waals surface area contributed by atoms with Crippen LogP contribution in [-0.2, 0) is 18.4 Å². The highest BCUT2D eigenvalue weighted by molar-refractivity contribution is 5.38. The highest BCUT2D eigenvalue weighted by Gasteiger charge is 2.14. The van der Waals surface area contributed by atoms with Crippen LogP contribution in [0.25, 0.3) is 0 Å². The zero-order valence-electron chi connectivity index (χ0n) is 13.0. The first-order valence-electron chi connectivity index (χ1n) is 7.28. The number of aryl methyl sites for hydroxylation is 1. The smallest absolute Gasteiger partial charge is 0.0178 e. The predicted molar refractivity (Wildman–Crippen MR) is 87.0 cm³/mol. The van der Waals surface area contributed by atoms with Crippen LogP contribution < -0.4 is 5.73 Å². The van der Waals surface area contributed by atoms with Gasteiger partial charge in [0.15, 0.2) is 0 Å². The molecular weight excluding hydrogens is 242 g/mol. The minimum absolute atomic E-state index is 0.211. The van der Waals surface area contributed by atoms with Crippen molar-refractivity contribution in [3.8, 4) is 0 Å². The molecule has 1 heteroatoms. The van der Waals surface area contributed by atoms with Crippen molar-refractivity contribution < 1.29 is 0 Å². The molecular formula is C19H25N. The summed E-state index contributed by atoms with van der Waals surface area (Å²) in [5, 5.41) is 0. The van der Waals surface area contributed by atoms with Gasteiger partial charge in [0.05, 0.1) is 0 Å². The fraction of sp³-hybridized carbons (Fsp3) is 0.368. The lowest BCUT2D eigenvalue weighted by molar-refractivity contribution is 0.589. The molecule has 1 nitrogen and oxygen atoms in total. The van der Waals surface area contributed by atoms with E-state index in [4.69, 9.17) is 5.73 Å². The zero-order valence-corrected chi connectivity index (χ0v) is 13.0. The van der Waals surface area contributed by atoms with Crippen LogP contribution in [0, 0.1) is 6.92 Å². The van der Waals surface area contributed by atoms with Crippen molar-refractivity contribution in [2.24, 2.45) is 5.73 Å². The molecule has 0 amide bonds. The van der Waals surface area contributed by atoms with Gasteiger partial charge in [0, 0.05) is 6.54 Å². The molecule has 0 bridgehead atoms. The molecule has 0 unspecified atom stereocenters. The zero-order chi connectivity index (χ0) is 14.8. The van der Waals surface area contributed by atoms with E-state index < -0.39 is 0 Å². The van der Waals surface area contributed by atoms with Crippen molar-refractivity contribution in [1.29, 1.82) is 0 Å². The van der Waals surface area contributed by atoms with Gasteiger partial charge in [0.1, 0.15) is 0 Å². The summed E-state index contributed by atoms with van der Waals surface area (Å²) < 4.78 is 0. The highest BCUT2D eigenvalue weighted by atomic mass is 14.5. The Hall–Kier alpha value is -1.60. The number of hydrogen-bond acceptors (Lipinski definition) is 1. The molecule has 0 saturated carbocycles. The Bertz CT molecular complexity index is 591. The summed E-state index contributed by atoms with van der Waals surface area (Å²) >= 11 is 0. The molecule has 2 N–H and O–H groups in total. The van der Waals surface area contributed by atoms with Crippen LogP contribution in [0.5, 0.6) is 0 Å². The van der Waals surface area contributed by atoms with Gasteiger partial charge in [-0.3, -0.25) is 0 Å². The molecule has 0 aliphatic carbocycles. The maximum atomic E-state index is 5.71. The van der Waals surface area contributed by atoms with E-state index in [0.717, 1.165) is 6.42 Å². The van der Waals surface area contributed by atoms with Crippen LogP contribution in [0.1, 0.15) is 48.6 Å². The Labute approximate surface area is 122 Å². The summed E-state index contributed by atoms with van der Waals surface area (Å²) in [6.07, 6.45) is 0.976. The molecule has 106 valence electrons. The second-order valence-corrected chi connectivity index (χ2v) is 6.59. The first-order valence-corrected chi connectivity index (χ1v) is 7.28. The molecule has 0 aromatic heterocycles. The van der Waals surface area contributed by atoms with Crippen molar-refractivity contribution in [1.82, 2.24) is 0 Å². The maximum absolute atomic E-state index is 5.71. The second-order valence-electron chi connectivity index (χ2n) is 6.59. The van der Waals surface area contributed by atoms with E-state index in [1.165, 1.54) is 27.8 Å². The Balaban J connectivity index is 2.25. The van der Waals surface area contributed by atoms with Gasteiger partial charge in [-0.25, -0.2) is 0 Å². The first kappa shape index (κ1) is 14.8. The lowest BCUT2D eigenvalue weighted by atomic mass is 9.85. The van der Waals surface area contributed by atoms with E-state index in [1.54, 1.807) is 0 Å². The van der Waals surface area contributed by atoms with Gasteiger partial charge in [-0.2, -0.15) is 0 Å². The quantitative estimate of drug-likeness (QED) is 0.879. The third-order valence-electron chi connectivity index (χ3n) is 3.83. The van der Waals surface area contributed by atoms with Gasteiger partial charge in [-0.1, -0.05) is 63.2 Å². The lowest BCUT2D eigenvalue weighted by Crippen LogP contribution is -2.11. The fourth-order valence-electron chi connectivity index (χ4n) is 2.45. The molecule has 0 heterocycles. The van der Waals surface area contributed by atoms with Crippen molar-refractivity contribution >= 4 is 0 Å². The van der Waals surface area contributed by atoms with Gasteiger partial charge in [0.25, 0.3) is 0 Å². The molecule has 0 radical (unpaired) electrons. The molecule has 2 rings (SSSR count). The Morgan fingerprint density at radius 2 is 1.65 bits per heavy atom. The maximum Gasteiger partial charge on any atom is 0.0178 e. The van der Waals surface area contributed by atoms with Crippen LogP contribution in [-0.4, -0.2) is 0 Å². The van der Waals surface area contributed by atoms with Crippen LogP contribution >= 0.6 is 0 Å². The molecule has 0 saturated heterocycles. The Morgan fingerprint density at radius 1 is 0.950 bits per heavy atom. The number of rotatable bonds is 3. The largest absolute Gasteiger partial charge is 0.326 e. The standard InChI is InChI=1S/C19H25N/c1-14-10-18(19(2,3)4)9-8-17(14)12-15-6-5-7-16(11-15)13-20/h5-11H,12-13,20H2,1-4H3. The monoisotopic (exact) mass is 267 g/mol. The van der Waals surface area contributed by atoms with Crippen LogP contribution in [0.4, 0.5) is 0 Å². The number of benzene rings is 2. The lowest BCUT2D eigenvalue weighted by Gasteiger charge is -2.20. The van der Waals surface area contributed by atoms with E-state index >= 15 is 0 Å². The molecule has 0 fully saturated rings. The summed E-state index contributed by atoms with van der Waals surface area (Å²) in [6, 6.07) is 15.4. The van der Waals surface area contributed by atoms with Gasteiger partial charge in [0.2, 0.25) is 0 Å². The SMILES string of the molecule is Cc1cc(C(C)(C)C)ccc1Cc1cccc(CN)c1. The summed E-state index contributed by atoms with van der Waals surface area (Å²) in [4.78, 5) is 0. The van der Waals surface area contributed by atoms with Gasteiger partial charge in [-0.15, -0.1) is 0 Å². The third kappa shape index (κ3) is 3.49. The topological polar surface area (TPSA) is 26.0 Å². The summed E-state index contributed by atoms with van der Waals surface area (Å²) in [6.45, 7) is 9.58. The Morgan fingerprint density at radius 3 is 2.25 bits per heavy atom. The molecule has 0 spiro atoms. The summed E-state index contributed by atoms with van der Waals surface area (Å²) in [5.74, 6) is 0. The molecule has 20 heavy (non-hydrogen) atoms. The van der Waals surface area contributed by atoms with Crippen LogP contribution in [0.2, 0.25) is 0 Å². The molecule has 2 aromatic rings. The van der Waals surface area contributed by atoms with Crippen molar-refractivity contribution in [2.75, 3.05) is 0 Å². The third-order valence-corrected chi connectivity index (χ3v) is 3.83. The van der Waals surface area contributed by atoms with E-state index in [-0.39, 0.29) is 5.41 Å². The van der Waals surface area contributed by atoms with Crippen LogP contribution in [0.15, 0.2) is 42.5 Å². The van der Waals surface area contributed by atoms with Crippen molar-refractivity contribution in [3.05, 3.63) is 70.3 Å². The predicted octanol–water partition coefficient (Wildman–Crippen LogP) is 4.34. The first-order chi connectivity index (χ1) is 9.40. The molecule has 0 atom stereocenters. The molecule has 2 aromatic carbocycles. The van der Waals surface area contributed by atoms with Gasteiger partial charge in [-0.05, 0) is 46.6 Å². The highest BCUT2D eigenvalue weighted by Crippen LogP contribution is 2.25. The van der Waals surface area contributed by atoms with E-state index in [2.05, 4.69) is 70.2 Å². The summed E-state index contributed by atoms with van der Waals surface area (Å²) in [5.41, 5.74) is 12.6. The molecule has 0 aliphatic rings. The fourth-order valence-corrected chi connectivity index (χ4v) is 2.45. The van der Waals surface area contributed by atoms with Gasteiger partial charge < -0.3 is 5.73 Å². The number of nitrogens with two attached hydrogens (primary N) is 1. The van der Waals surface area contributed by atoms with Crippen molar-refractivity contribution in [2.45, 2.75) is 46.1 Å². The van der Waals surface area contributed by atoms with E-state index in [1.807, 2.05) is 0 Å². The Kier molecular flexibility index (Phi) is 4.29. The van der Waals surface area contributed by atoms with Crippen molar-refractivity contribution in [3.63, 3.8) is 0 Å². The number of hydrogen-bond donors (Lipinski definition) is 1. The van der Waals surface area contributed by atoms with Gasteiger partial charge >= 0.3 is 0 Å². The average Bonchev–Trinajstić information content (AvgIpc) is 2.40. The average molecular weight is 267 g/mol.